The van der Waals surface area contributed by atoms with Gasteiger partial charge in [0.1, 0.15) is 11.1 Å². The Morgan fingerprint density at radius 2 is 2.03 bits per heavy atom. The maximum atomic E-state index is 13.1. The van der Waals surface area contributed by atoms with Crippen LogP contribution in [-0.4, -0.2) is 41.7 Å². The lowest BCUT2D eigenvalue weighted by atomic mass is 9.98. The van der Waals surface area contributed by atoms with Gasteiger partial charge in [0.15, 0.2) is 5.78 Å². The smallest absolute Gasteiger partial charge is 0.232 e. The van der Waals surface area contributed by atoms with E-state index in [2.05, 4.69) is 9.88 Å². The molecule has 0 bridgehead atoms. The average Bonchev–Trinajstić information content (AvgIpc) is 3.24. The van der Waals surface area contributed by atoms with Crippen LogP contribution < -0.4 is 9.64 Å². The van der Waals surface area contributed by atoms with Gasteiger partial charge >= 0.3 is 0 Å². The highest BCUT2D eigenvalue weighted by Crippen LogP contribution is 2.30. The minimum absolute atomic E-state index is 0.00670. The van der Waals surface area contributed by atoms with Crippen LogP contribution in [0.2, 0.25) is 5.02 Å². The molecule has 1 N–H and O–H groups in total. The summed E-state index contributed by atoms with van der Waals surface area (Å²) in [5, 5.41) is 10.0. The number of benzene rings is 2. The number of halogens is 1. The standard InChI is InChI=1S/C25H25ClN2O3/c1-17-4-2-5-19(14-17)24(30)20-8-7-18(10-13-29)23(15-20)28-12-9-21(16-28)31-25-22(26)6-3-11-27-25/h2-8,11,14-15,21,29H,9-10,12-13,16H2,1H3/t21-/m0/s1. The van der Waals surface area contributed by atoms with Gasteiger partial charge in [0.25, 0.3) is 0 Å². The molecule has 0 aliphatic carbocycles. The Hall–Kier alpha value is -2.89. The van der Waals surface area contributed by atoms with Crippen molar-refractivity contribution >= 4 is 23.1 Å². The monoisotopic (exact) mass is 436 g/mol. The molecule has 1 aromatic heterocycles. The molecule has 1 aliphatic rings. The van der Waals surface area contributed by atoms with E-state index in [0.29, 0.717) is 35.0 Å². The summed E-state index contributed by atoms with van der Waals surface area (Å²) in [6.45, 7) is 3.48. The molecule has 0 amide bonds. The molecular formula is C25H25ClN2O3. The van der Waals surface area contributed by atoms with Crippen LogP contribution in [0.1, 0.15) is 33.5 Å². The van der Waals surface area contributed by atoms with Crippen molar-refractivity contribution in [3.05, 3.63) is 88.1 Å². The van der Waals surface area contributed by atoms with Gasteiger partial charge in [-0.25, -0.2) is 4.98 Å². The van der Waals surface area contributed by atoms with Gasteiger partial charge in [0.2, 0.25) is 5.88 Å². The highest BCUT2D eigenvalue weighted by molar-refractivity contribution is 6.31. The highest BCUT2D eigenvalue weighted by Gasteiger charge is 2.27. The number of hydrogen-bond acceptors (Lipinski definition) is 5. The van der Waals surface area contributed by atoms with Gasteiger partial charge in [-0.15, -0.1) is 0 Å². The molecule has 1 aliphatic heterocycles. The Kier molecular flexibility index (Phi) is 6.54. The second-order valence-electron chi connectivity index (χ2n) is 7.78. The molecule has 3 aromatic rings. The SMILES string of the molecule is Cc1cccc(C(=O)c2ccc(CCO)c(N3CC[C@H](Oc4ncccc4Cl)C3)c2)c1. The van der Waals surface area contributed by atoms with Crippen molar-refractivity contribution in [3.8, 4) is 5.88 Å². The summed E-state index contributed by atoms with van der Waals surface area (Å²) in [7, 11) is 0. The molecule has 1 fully saturated rings. The number of aryl methyl sites for hydroxylation is 1. The first-order valence-electron chi connectivity index (χ1n) is 10.4. The zero-order valence-corrected chi connectivity index (χ0v) is 18.2. The molecule has 0 unspecified atom stereocenters. The fourth-order valence-electron chi connectivity index (χ4n) is 3.94. The Bertz CT molecular complexity index is 1090. The first-order valence-corrected chi connectivity index (χ1v) is 10.8. The van der Waals surface area contributed by atoms with Crippen LogP contribution >= 0.6 is 11.6 Å². The maximum Gasteiger partial charge on any atom is 0.232 e. The lowest BCUT2D eigenvalue weighted by Crippen LogP contribution is -2.26. The minimum atomic E-state index is -0.0505. The van der Waals surface area contributed by atoms with Crippen LogP contribution in [0.5, 0.6) is 5.88 Å². The first kappa shape index (κ1) is 21.3. The zero-order valence-electron chi connectivity index (χ0n) is 17.4. The Labute approximate surface area is 187 Å². The fraction of sp³-hybridized carbons (Fsp3) is 0.280. The molecule has 1 saturated heterocycles. The lowest BCUT2D eigenvalue weighted by Gasteiger charge is -2.23. The van der Waals surface area contributed by atoms with E-state index in [-0.39, 0.29) is 18.5 Å². The number of nitrogens with zero attached hydrogens (tertiary/aromatic N) is 2. The molecule has 0 radical (unpaired) electrons. The topological polar surface area (TPSA) is 62.7 Å². The third-order valence-corrected chi connectivity index (χ3v) is 5.79. The van der Waals surface area contributed by atoms with Crippen molar-refractivity contribution in [1.82, 2.24) is 4.98 Å². The summed E-state index contributed by atoms with van der Waals surface area (Å²) in [5.74, 6) is 0.433. The normalized spacial score (nSPS) is 15.8. The number of carbonyl (C=O) groups excluding carboxylic acids is 1. The highest BCUT2D eigenvalue weighted by atomic mass is 35.5. The molecule has 160 valence electrons. The van der Waals surface area contributed by atoms with Crippen LogP contribution in [0, 0.1) is 6.92 Å². The number of anilines is 1. The number of hydrogen-bond donors (Lipinski definition) is 1. The second-order valence-corrected chi connectivity index (χ2v) is 8.19. The van der Waals surface area contributed by atoms with Crippen molar-refractivity contribution in [2.24, 2.45) is 0 Å². The molecule has 0 saturated carbocycles. The maximum absolute atomic E-state index is 13.1. The zero-order chi connectivity index (χ0) is 21.8. The molecular weight excluding hydrogens is 412 g/mol. The van der Waals surface area contributed by atoms with Crippen LogP contribution in [0.15, 0.2) is 60.8 Å². The van der Waals surface area contributed by atoms with Gasteiger partial charge in [-0.05, 0) is 43.2 Å². The van der Waals surface area contributed by atoms with Gasteiger partial charge < -0.3 is 14.7 Å². The van der Waals surface area contributed by atoms with E-state index in [9.17, 15) is 9.90 Å². The Balaban J connectivity index is 1.57. The van der Waals surface area contributed by atoms with Crippen molar-refractivity contribution in [1.29, 1.82) is 0 Å². The van der Waals surface area contributed by atoms with Crippen LogP contribution in [-0.2, 0) is 6.42 Å². The van der Waals surface area contributed by atoms with Crippen molar-refractivity contribution in [2.45, 2.75) is 25.9 Å². The summed E-state index contributed by atoms with van der Waals surface area (Å²) < 4.78 is 6.02. The van der Waals surface area contributed by atoms with E-state index in [0.717, 1.165) is 29.8 Å². The van der Waals surface area contributed by atoms with Gasteiger partial charge in [-0.2, -0.15) is 0 Å². The largest absolute Gasteiger partial charge is 0.471 e. The fourth-order valence-corrected chi connectivity index (χ4v) is 4.11. The van der Waals surface area contributed by atoms with Gasteiger partial charge in [-0.3, -0.25) is 4.79 Å². The van der Waals surface area contributed by atoms with Crippen molar-refractivity contribution in [3.63, 3.8) is 0 Å². The number of aliphatic hydroxyl groups excluding tert-OH is 1. The van der Waals surface area contributed by atoms with E-state index >= 15 is 0 Å². The average molecular weight is 437 g/mol. The Morgan fingerprint density at radius 1 is 1.19 bits per heavy atom. The number of rotatable bonds is 7. The number of aliphatic hydroxyl groups is 1. The molecule has 4 rings (SSSR count). The van der Waals surface area contributed by atoms with Crippen LogP contribution in [0.3, 0.4) is 0 Å². The van der Waals surface area contributed by atoms with Gasteiger partial charge in [-0.1, -0.05) is 47.5 Å². The van der Waals surface area contributed by atoms with Gasteiger partial charge in [0, 0.05) is 42.6 Å². The molecule has 2 heterocycles. The summed E-state index contributed by atoms with van der Waals surface area (Å²) in [4.78, 5) is 19.5. The third kappa shape index (κ3) is 4.89. The summed E-state index contributed by atoms with van der Waals surface area (Å²) in [5.41, 5.74) is 4.34. The third-order valence-electron chi connectivity index (χ3n) is 5.50. The van der Waals surface area contributed by atoms with E-state index in [1.807, 2.05) is 49.4 Å². The van der Waals surface area contributed by atoms with E-state index in [1.165, 1.54) is 0 Å². The molecule has 31 heavy (non-hydrogen) atoms. The molecule has 1 atom stereocenters. The van der Waals surface area contributed by atoms with E-state index < -0.39 is 0 Å². The van der Waals surface area contributed by atoms with Gasteiger partial charge in [0.05, 0.1) is 6.54 Å². The second kappa shape index (κ2) is 9.50. The summed E-state index contributed by atoms with van der Waals surface area (Å²) in [6.07, 6.45) is 2.96. The molecule has 0 spiro atoms. The number of aromatic nitrogens is 1. The predicted molar refractivity (Wildman–Crippen MR) is 122 cm³/mol. The molecule has 6 heteroatoms. The van der Waals surface area contributed by atoms with Crippen LogP contribution in [0.4, 0.5) is 5.69 Å². The summed E-state index contributed by atoms with van der Waals surface area (Å²) >= 11 is 6.18. The van der Waals surface area contributed by atoms with Crippen molar-refractivity contribution < 1.29 is 14.6 Å². The quantitative estimate of drug-likeness (QED) is 0.554. The van der Waals surface area contributed by atoms with Crippen LogP contribution in [0.25, 0.3) is 0 Å². The number of pyridine rings is 1. The predicted octanol–water partition coefficient (Wildman–Crippen LogP) is 4.47. The number of ketones is 1. The molecule has 2 aromatic carbocycles. The molecule has 5 nitrogen and oxygen atoms in total. The first-order chi connectivity index (χ1) is 15.0. The number of carbonyl (C=O) groups is 1. The lowest BCUT2D eigenvalue weighted by molar-refractivity contribution is 0.103. The van der Waals surface area contributed by atoms with E-state index in [4.69, 9.17) is 16.3 Å². The minimum Gasteiger partial charge on any atom is -0.471 e. The van der Waals surface area contributed by atoms with E-state index in [1.54, 1.807) is 18.3 Å². The summed E-state index contributed by atoms with van der Waals surface area (Å²) in [6, 6.07) is 16.9. The van der Waals surface area contributed by atoms with Crippen molar-refractivity contribution in [2.75, 3.05) is 24.6 Å². The Morgan fingerprint density at radius 3 is 2.81 bits per heavy atom. The number of ether oxygens (including phenoxy) is 1.